The average molecular weight is 874 g/mol. The van der Waals surface area contributed by atoms with Gasteiger partial charge in [-0.15, -0.1) is 10.2 Å². The van der Waals surface area contributed by atoms with Crippen LogP contribution in [-0.4, -0.2) is 155 Å². The minimum Gasteiger partial charge on any atom is -0.369 e. The zero-order valence-electron chi connectivity index (χ0n) is 37.0. The number of piperidine rings is 2. The van der Waals surface area contributed by atoms with Gasteiger partial charge in [0.15, 0.2) is 11.5 Å². The second-order valence-electron chi connectivity index (χ2n) is 17.9. The Hall–Kier alpha value is -5.74. The van der Waals surface area contributed by atoms with Crippen molar-refractivity contribution in [2.45, 2.75) is 76.8 Å². The monoisotopic (exact) mass is 874 g/mol. The van der Waals surface area contributed by atoms with Crippen LogP contribution in [0.3, 0.4) is 0 Å². The molecule has 4 saturated heterocycles. The second-order valence-corrected chi connectivity index (χ2v) is 17.9. The fraction of sp³-hybridized carbons (Fsp3) is 0.542. The van der Waals surface area contributed by atoms with Gasteiger partial charge < -0.3 is 24.9 Å². The zero-order chi connectivity index (χ0) is 44.3. The lowest BCUT2D eigenvalue weighted by Crippen LogP contribution is -2.52. The van der Waals surface area contributed by atoms with Gasteiger partial charge in [-0.05, 0) is 111 Å². The van der Waals surface area contributed by atoms with Crippen LogP contribution in [0.4, 0.5) is 11.5 Å². The molecule has 340 valence electrons. The number of unbranched alkanes of at least 4 members (excludes halogenated alkanes) is 3. The SMILES string of the molecule is O=C(/C=C/c1cccnc1)NCCCCC1CCN(C(=O)c2ccc(N3CCN(CCCCCN4CCN(c5ccc6c(c5)CN(C5CCC(=O)NC5=O)C6=O)CC4)CC3)nn2)CC1. The van der Waals surface area contributed by atoms with Crippen LogP contribution in [0.2, 0.25) is 0 Å². The minimum atomic E-state index is -0.592. The van der Waals surface area contributed by atoms with Crippen molar-refractivity contribution >= 4 is 47.1 Å². The number of benzene rings is 1. The Morgan fingerprint density at radius 2 is 1.53 bits per heavy atom. The van der Waals surface area contributed by atoms with E-state index < -0.39 is 6.04 Å². The van der Waals surface area contributed by atoms with E-state index in [2.05, 4.69) is 51.5 Å². The van der Waals surface area contributed by atoms with Crippen molar-refractivity contribution in [2.75, 3.05) is 94.9 Å². The highest BCUT2D eigenvalue weighted by Crippen LogP contribution is 2.31. The largest absolute Gasteiger partial charge is 0.369 e. The summed E-state index contributed by atoms with van der Waals surface area (Å²) in [7, 11) is 0. The molecule has 5 amide bonds. The number of nitrogens with zero attached hydrogens (tertiary/aromatic N) is 9. The maximum atomic E-state index is 13.3. The maximum Gasteiger partial charge on any atom is 0.274 e. The lowest BCUT2D eigenvalue weighted by atomic mass is 9.91. The van der Waals surface area contributed by atoms with Gasteiger partial charge in [-0.2, -0.15) is 0 Å². The van der Waals surface area contributed by atoms with E-state index in [1.54, 1.807) is 29.4 Å². The number of carbonyl (C=O) groups excluding carboxylic acids is 5. The van der Waals surface area contributed by atoms with Crippen LogP contribution in [0.25, 0.3) is 6.08 Å². The normalized spacial score (nSPS) is 20.2. The Bertz CT molecular complexity index is 2110. The standard InChI is InChI=1S/C48H63N11O5/c60-44(15-9-37-8-6-19-49-34-37)50-20-3-2-7-36-17-23-58(24-18-36)48(64)41-12-14-43(53-52-41)57-31-27-55(28-32-57)22-5-1-4-21-54-25-29-56(30-26-54)39-10-11-40-38(33-39)35-59(47(40)63)42-13-16-45(61)51-46(42)62/h6,8-12,14-15,19,33-34,36,42H,1-5,7,13,16-18,20-32,35H2,(H,50,60)(H,51,61,62)/b15-9+. The number of likely N-dealkylation sites (tertiary alicyclic amines) is 1. The number of imide groups is 1. The summed E-state index contributed by atoms with van der Waals surface area (Å²) in [5.41, 5.74) is 4.04. The molecule has 1 aromatic carbocycles. The van der Waals surface area contributed by atoms with Gasteiger partial charge in [0.05, 0.1) is 0 Å². The zero-order valence-corrected chi connectivity index (χ0v) is 37.0. The van der Waals surface area contributed by atoms with Crippen LogP contribution >= 0.6 is 0 Å². The van der Waals surface area contributed by atoms with Crippen LogP contribution in [0, 0.1) is 5.92 Å². The van der Waals surface area contributed by atoms with E-state index in [1.165, 1.54) is 19.3 Å². The first-order valence-corrected chi connectivity index (χ1v) is 23.5. The predicted molar refractivity (Wildman–Crippen MR) is 244 cm³/mol. The molecule has 1 atom stereocenters. The van der Waals surface area contributed by atoms with E-state index in [1.807, 2.05) is 41.3 Å². The number of piperazine rings is 2. The van der Waals surface area contributed by atoms with E-state index in [-0.39, 0.29) is 36.0 Å². The number of fused-ring (bicyclic) bond motifs is 1. The van der Waals surface area contributed by atoms with Crippen LogP contribution in [0.15, 0.2) is 60.9 Å². The Morgan fingerprint density at radius 3 is 2.22 bits per heavy atom. The highest BCUT2D eigenvalue weighted by molar-refractivity contribution is 6.05. The molecule has 4 fully saturated rings. The first kappa shape index (κ1) is 44.9. The molecule has 0 saturated carbocycles. The number of nitrogens with one attached hydrogen (secondary N) is 2. The molecular weight excluding hydrogens is 811 g/mol. The highest BCUT2D eigenvalue weighted by Gasteiger charge is 2.39. The number of hydrogen-bond acceptors (Lipinski definition) is 12. The van der Waals surface area contributed by atoms with Crippen molar-refractivity contribution in [3.8, 4) is 0 Å². The first-order chi connectivity index (χ1) is 31.3. The van der Waals surface area contributed by atoms with Crippen LogP contribution in [-0.2, 0) is 20.9 Å². The molecule has 2 aromatic heterocycles. The molecule has 1 unspecified atom stereocenters. The number of hydrogen-bond donors (Lipinski definition) is 2. The van der Waals surface area contributed by atoms with Gasteiger partial charge in [0.1, 0.15) is 6.04 Å². The molecule has 16 heteroatoms. The van der Waals surface area contributed by atoms with E-state index in [9.17, 15) is 24.0 Å². The topological polar surface area (TPSA) is 168 Å². The van der Waals surface area contributed by atoms with Gasteiger partial charge in [-0.1, -0.05) is 25.3 Å². The fourth-order valence-corrected chi connectivity index (χ4v) is 9.71. The Balaban J connectivity index is 0.655. The molecule has 8 rings (SSSR count). The number of aromatic nitrogens is 3. The molecule has 5 aliphatic heterocycles. The third-order valence-electron chi connectivity index (χ3n) is 13.6. The maximum absolute atomic E-state index is 13.3. The smallest absolute Gasteiger partial charge is 0.274 e. The third kappa shape index (κ3) is 11.7. The molecular formula is C48H63N11O5. The quantitative estimate of drug-likeness (QED) is 0.115. The van der Waals surface area contributed by atoms with Crippen LogP contribution < -0.4 is 20.4 Å². The molecule has 7 heterocycles. The van der Waals surface area contributed by atoms with E-state index in [0.717, 1.165) is 133 Å². The van der Waals surface area contributed by atoms with Gasteiger partial charge in [0.2, 0.25) is 17.7 Å². The Labute approximate surface area is 376 Å². The summed E-state index contributed by atoms with van der Waals surface area (Å²) in [6.07, 6.45) is 16.0. The highest BCUT2D eigenvalue weighted by atomic mass is 16.2. The van der Waals surface area contributed by atoms with Crippen LogP contribution in [0.5, 0.6) is 0 Å². The number of pyridine rings is 1. The summed E-state index contributed by atoms with van der Waals surface area (Å²) in [6, 6.07) is 13.0. The number of carbonyl (C=O) groups is 5. The van der Waals surface area contributed by atoms with Crippen molar-refractivity contribution in [1.82, 2.24) is 45.4 Å². The van der Waals surface area contributed by atoms with Gasteiger partial charge >= 0.3 is 0 Å². The fourth-order valence-electron chi connectivity index (χ4n) is 9.71. The summed E-state index contributed by atoms with van der Waals surface area (Å²) in [5.74, 6) is 0.516. The van der Waals surface area contributed by atoms with Crippen molar-refractivity contribution in [2.24, 2.45) is 5.92 Å². The summed E-state index contributed by atoms with van der Waals surface area (Å²) in [6.45, 7) is 12.4. The molecule has 3 aromatic rings. The third-order valence-corrected chi connectivity index (χ3v) is 13.6. The predicted octanol–water partition coefficient (Wildman–Crippen LogP) is 3.60. The molecule has 0 radical (unpaired) electrons. The van der Waals surface area contributed by atoms with Crippen molar-refractivity contribution in [3.05, 3.63) is 83.3 Å². The minimum absolute atomic E-state index is 0.0379. The van der Waals surface area contributed by atoms with Crippen molar-refractivity contribution in [1.29, 1.82) is 0 Å². The number of anilines is 2. The summed E-state index contributed by atoms with van der Waals surface area (Å²) in [4.78, 5) is 79.9. The lowest BCUT2D eigenvalue weighted by Gasteiger charge is -2.36. The van der Waals surface area contributed by atoms with Crippen LogP contribution in [0.1, 0.15) is 96.2 Å². The summed E-state index contributed by atoms with van der Waals surface area (Å²) < 4.78 is 0. The van der Waals surface area contributed by atoms with Crippen molar-refractivity contribution < 1.29 is 24.0 Å². The molecule has 0 bridgehead atoms. The summed E-state index contributed by atoms with van der Waals surface area (Å²) in [5, 5.41) is 14.2. The lowest BCUT2D eigenvalue weighted by molar-refractivity contribution is -0.137. The van der Waals surface area contributed by atoms with E-state index in [0.29, 0.717) is 36.7 Å². The molecule has 5 aliphatic rings. The van der Waals surface area contributed by atoms with Gasteiger partial charge in [-0.3, -0.25) is 44.1 Å². The van der Waals surface area contributed by atoms with E-state index >= 15 is 0 Å². The average Bonchev–Trinajstić information content (AvgIpc) is 3.66. The Kier molecular flexibility index (Phi) is 15.3. The first-order valence-electron chi connectivity index (χ1n) is 23.5. The van der Waals surface area contributed by atoms with E-state index in [4.69, 9.17) is 0 Å². The molecule has 0 aliphatic carbocycles. The van der Waals surface area contributed by atoms with Gasteiger partial charge in [0.25, 0.3) is 11.8 Å². The van der Waals surface area contributed by atoms with Gasteiger partial charge in [-0.25, -0.2) is 0 Å². The Morgan fingerprint density at radius 1 is 0.781 bits per heavy atom. The molecule has 16 nitrogen and oxygen atoms in total. The molecule has 2 N–H and O–H groups in total. The number of rotatable bonds is 17. The number of amides is 5. The molecule has 64 heavy (non-hydrogen) atoms. The summed E-state index contributed by atoms with van der Waals surface area (Å²) >= 11 is 0. The van der Waals surface area contributed by atoms with Gasteiger partial charge in [0, 0.05) is 115 Å². The molecule has 0 spiro atoms. The van der Waals surface area contributed by atoms with Crippen molar-refractivity contribution in [3.63, 3.8) is 0 Å². The second kappa shape index (κ2) is 21.8.